The Hall–Kier alpha value is -1.02. The number of benzene rings is 1. The van der Waals surface area contributed by atoms with Crippen molar-refractivity contribution < 1.29 is 4.79 Å². The number of carbonyl (C=O) groups excluding carboxylic acids is 1. The molecule has 2 rings (SSSR count). The Morgan fingerprint density at radius 3 is 2.50 bits per heavy atom. The van der Waals surface area contributed by atoms with E-state index >= 15 is 0 Å². The van der Waals surface area contributed by atoms with Crippen LogP contribution in [0, 0.1) is 0 Å². The summed E-state index contributed by atoms with van der Waals surface area (Å²) < 4.78 is 0. The second kappa shape index (κ2) is 7.68. The van der Waals surface area contributed by atoms with Gasteiger partial charge >= 0.3 is 0 Å². The summed E-state index contributed by atoms with van der Waals surface area (Å²) in [5, 5.41) is 0.761. The molecular weight excluding hydrogens is 270 g/mol. The highest BCUT2D eigenvalue weighted by molar-refractivity contribution is 6.31. The maximum Gasteiger partial charge on any atom is 0.222 e. The molecule has 110 valence electrons. The van der Waals surface area contributed by atoms with Crippen molar-refractivity contribution in [3.8, 4) is 0 Å². The van der Waals surface area contributed by atoms with Gasteiger partial charge in [-0.05, 0) is 30.9 Å². The summed E-state index contributed by atoms with van der Waals surface area (Å²) in [5.41, 5.74) is 1.07. The van der Waals surface area contributed by atoms with Crippen molar-refractivity contribution in [2.24, 2.45) is 0 Å². The molecule has 1 aromatic carbocycles. The van der Waals surface area contributed by atoms with Gasteiger partial charge in [-0.25, -0.2) is 0 Å². The van der Waals surface area contributed by atoms with Gasteiger partial charge in [-0.2, -0.15) is 0 Å². The van der Waals surface area contributed by atoms with Crippen molar-refractivity contribution in [3.63, 3.8) is 0 Å². The Morgan fingerprint density at radius 1 is 1.20 bits per heavy atom. The van der Waals surface area contributed by atoms with Crippen LogP contribution in [0.4, 0.5) is 0 Å². The van der Waals surface area contributed by atoms with E-state index in [0.717, 1.165) is 29.8 Å². The van der Waals surface area contributed by atoms with Gasteiger partial charge in [0.25, 0.3) is 0 Å². The molecule has 1 aliphatic carbocycles. The summed E-state index contributed by atoms with van der Waals surface area (Å²) in [7, 11) is 1.96. The Balaban J connectivity index is 1.86. The van der Waals surface area contributed by atoms with E-state index in [9.17, 15) is 4.79 Å². The zero-order valence-corrected chi connectivity index (χ0v) is 13.0. The van der Waals surface area contributed by atoms with Crippen molar-refractivity contribution in [2.45, 2.75) is 57.4 Å². The highest BCUT2D eigenvalue weighted by atomic mass is 35.5. The molecule has 1 amide bonds. The fourth-order valence-electron chi connectivity index (χ4n) is 2.97. The van der Waals surface area contributed by atoms with E-state index in [4.69, 9.17) is 11.6 Å². The van der Waals surface area contributed by atoms with Crippen LogP contribution in [0.25, 0.3) is 0 Å². The van der Waals surface area contributed by atoms with Gasteiger partial charge in [0.2, 0.25) is 5.91 Å². The Morgan fingerprint density at radius 2 is 1.85 bits per heavy atom. The Bertz CT molecular complexity index is 438. The quantitative estimate of drug-likeness (QED) is 0.751. The molecule has 20 heavy (non-hydrogen) atoms. The lowest BCUT2D eigenvalue weighted by atomic mass is 10.1. The first-order valence-electron chi connectivity index (χ1n) is 7.67. The van der Waals surface area contributed by atoms with Gasteiger partial charge in [0.05, 0.1) is 0 Å². The summed E-state index contributed by atoms with van der Waals surface area (Å²) >= 11 is 6.13. The maximum absolute atomic E-state index is 12.3. The molecule has 2 nitrogen and oxygen atoms in total. The molecule has 1 fully saturated rings. The van der Waals surface area contributed by atoms with Crippen LogP contribution in [0.2, 0.25) is 5.02 Å². The molecule has 0 saturated heterocycles. The van der Waals surface area contributed by atoms with Gasteiger partial charge in [-0.1, -0.05) is 55.5 Å². The smallest absolute Gasteiger partial charge is 0.222 e. The lowest BCUT2D eigenvalue weighted by Crippen LogP contribution is -2.36. The summed E-state index contributed by atoms with van der Waals surface area (Å²) in [6, 6.07) is 8.22. The van der Waals surface area contributed by atoms with Gasteiger partial charge in [0.1, 0.15) is 0 Å². The molecule has 0 aromatic heterocycles. The van der Waals surface area contributed by atoms with Crippen molar-refractivity contribution in [2.75, 3.05) is 7.05 Å². The molecule has 0 atom stereocenters. The van der Waals surface area contributed by atoms with Crippen molar-refractivity contribution in [1.29, 1.82) is 0 Å². The fraction of sp³-hybridized carbons (Fsp3) is 0.588. The molecule has 0 bridgehead atoms. The molecule has 0 radical (unpaired) electrons. The van der Waals surface area contributed by atoms with Crippen LogP contribution in [0.3, 0.4) is 0 Å². The van der Waals surface area contributed by atoms with E-state index in [1.807, 2.05) is 36.2 Å². The molecule has 1 saturated carbocycles. The van der Waals surface area contributed by atoms with Crippen LogP contribution < -0.4 is 0 Å². The fourth-order valence-corrected chi connectivity index (χ4v) is 3.20. The summed E-state index contributed by atoms with van der Waals surface area (Å²) in [6.45, 7) is 0. The van der Waals surface area contributed by atoms with Gasteiger partial charge in [-0.15, -0.1) is 0 Å². The van der Waals surface area contributed by atoms with Crippen LogP contribution in [-0.2, 0) is 11.2 Å². The van der Waals surface area contributed by atoms with E-state index in [2.05, 4.69) is 0 Å². The molecule has 3 heteroatoms. The van der Waals surface area contributed by atoms with Crippen LogP contribution in [-0.4, -0.2) is 23.9 Å². The number of carbonyl (C=O) groups is 1. The van der Waals surface area contributed by atoms with Crippen molar-refractivity contribution >= 4 is 17.5 Å². The molecule has 0 unspecified atom stereocenters. The third kappa shape index (κ3) is 4.24. The second-order valence-electron chi connectivity index (χ2n) is 5.74. The summed E-state index contributed by atoms with van der Waals surface area (Å²) in [5.74, 6) is 0.247. The number of amides is 1. The molecular formula is C17H24ClNO. The number of halogens is 1. The minimum atomic E-state index is 0.247. The minimum Gasteiger partial charge on any atom is -0.343 e. The van der Waals surface area contributed by atoms with Crippen LogP contribution in [0.15, 0.2) is 24.3 Å². The van der Waals surface area contributed by atoms with Crippen LogP contribution >= 0.6 is 11.6 Å². The number of rotatable bonds is 4. The van der Waals surface area contributed by atoms with Gasteiger partial charge in [0.15, 0.2) is 0 Å². The van der Waals surface area contributed by atoms with E-state index in [1.165, 1.54) is 25.7 Å². The number of nitrogens with zero attached hydrogens (tertiary/aromatic N) is 1. The normalized spacial score (nSPS) is 16.7. The van der Waals surface area contributed by atoms with E-state index in [-0.39, 0.29) is 5.91 Å². The molecule has 1 aromatic rings. The van der Waals surface area contributed by atoms with Crippen molar-refractivity contribution in [1.82, 2.24) is 4.90 Å². The first kappa shape index (κ1) is 15.4. The first-order valence-corrected chi connectivity index (χ1v) is 8.05. The SMILES string of the molecule is CN(C(=O)CCc1ccccc1Cl)C1CCCCCC1. The molecule has 0 N–H and O–H groups in total. The topological polar surface area (TPSA) is 20.3 Å². The molecule has 0 heterocycles. The van der Waals surface area contributed by atoms with E-state index in [1.54, 1.807) is 0 Å². The highest BCUT2D eigenvalue weighted by Crippen LogP contribution is 2.22. The van der Waals surface area contributed by atoms with Crippen LogP contribution in [0.1, 0.15) is 50.5 Å². The molecule has 1 aliphatic rings. The standard InChI is InChI=1S/C17H24ClNO/c1-19(15-9-4-2-3-5-10-15)17(20)13-12-14-8-6-7-11-16(14)18/h6-8,11,15H,2-5,9-10,12-13H2,1H3. The third-order valence-electron chi connectivity index (χ3n) is 4.33. The van der Waals surface area contributed by atoms with Gasteiger partial charge < -0.3 is 4.90 Å². The third-order valence-corrected chi connectivity index (χ3v) is 4.70. The summed E-state index contributed by atoms with van der Waals surface area (Å²) in [6.07, 6.45) is 8.75. The van der Waals surface area contributed by atoms with E-state index in [0.29, 0.717) is 12.5 Å². The first-order chi connectivity index (χ1) is 9.68. The number of hydrogen-bond acceptors (Lipinski definition) is 1. The average Bonchev–Trinajstić information content (AvgIpc) is 2.74. The van der Waals surface area contributed by atoms with E-state index < -0.39 is 0 Å². The Labute approximate surface area is 127 Å². The Kier molecular flexibility index (Phi) is 5.90. The highest BCUT2D eigenvalue weighted by Gasteiger charge is 2.20. The summed E-state index contributed by atoms with van der Waals surface area (Å²) in [4.78, 5) is 14.3. The second-order valence-corrected chi connectivity index (χ2v) is 6.15. The number of aryl methyl sites for hydroxylation is 1. The molecule has 0 spiro atoms. The lowest BCUT2D eigenvalue weighted by Gasteiger charge is -2.27. The zero-order chi connectivity index (χ0) is 14.4. The zero-order valence-electron chi connectivity index (χ0n) is 12.3. The van der Waals surface area contributed by atoms with Crippen LogP contribution in [0.5, 0.6) is 0 Å². The average molecular weight is 294 g/mol. The predicted octanol–water partition coefficient (Wildman–Crippen LogP) is 4.45. The molecule has 0 aliphatic heterocycles. The monoisotopic (exact) mass is 293 g/mol. The predicted molar refractivity (Wildman–Crippen MR) is 84.0 cm³/mol. The maximum atomic E-state index is 12.3. The lowest BCUT2D eigenvalue weighted by molar-refractivity contribution is -0.132. The largest absolute Gasteiger partial charge is 0.343 e. The minimum absolute atomic E-state index is 0.247. The van der Waals surface area contributed by atoms with Gasteiger partial charge in [-0.3, -0.25) is 4.79 Å². The van der Waals surface area contributed by atoms with Crippen molar-refractivity contribution in [3.05, 3.63) is 34.9 Å². The van der Waals surface area contributed by atoms with Gasteiger partial charge in [0, 0.05) is 24.5 Å². The number of hydrogen-bond donors (Lipinski definition) is 0.